The van der Waals surface area contributed by atoms with Crippen LogP contribution in [0.5, 0.6) is 0 Å². The first-order chi connectivity index (χ1) is 16.5. The fourth-order valence-corrected chi connectivity index (χ4v) is 5.08. The molecule has 4 nitrogen and oxygen atoms in total. The normalized spacial score (nSPS) is 23.5. The molecule has 2 unspecified atom stereocenters. The number of aryl methyl sites for hydroxylation is 1. The van der Waals surface area contributed by atoms with Crippen molar-refractivity contribution in [3.8, 4) is 11.1 Å². The molecule has 0 bridgehead atoms. The summed E-state index contributed by atoms with van der Waals surface area (Å²) in [5.41, 5.74) is 7.26. The van der Waals surface area contributed by atoms with Crippen molar-refractivity contribution in [1.29, 1.82) is 0 Å². The molecule has 2 aliphatic rings. The third kappa shape index (κ3) is 5.61. The summed E-state index contributed by atoms with van der Waals surface area (Å²) in [6.45, 7) is 6.27. The Morgan fingerprint density at radius 1 is 1.32 bits per heavy atom. The number of nitrogens with one attached hydrogen (secondary N) is 1. The number of ether oxygens (including phenoxy) is 1. The summed E-state index contributed by atoms with van der Waals surface area (Å²) in [5, 5.41) is 3.96. The Labute approximate surface area is 206 Å². The van der Waals surface area contributed by atoms with Crippen LogP contribution in [0.1, 0.15) is 52.9 Å². The summed E-state index contributed by atoms with van der Waals surface area (Å²) in [4.78, 5) is 4.34. The predicted molar refractivity (Wildman–Crippen MR) is 145 cm³/mol. The van der Waals surface area contributed by atoms with Crippen LogP contribution in [0.3, 0.4) is 0 Å². The minimum atomic E-state index is -0.270. The first kappa shape index (κ1) is 24.3. The minimum Gasteiger partial charge on any atom is -0.381 e. The lowest BCUT2D eigenvalue weighted by Crippen LogP contribution is -2.40. The lowest BCUT2D eigenvalue weighted by molar-refractivity contribution is 0.0516. The predicted octanol–water partition coefficient (Wildman–Crippen LogP) is 6.81. The molecule has 2 aromatic rings. The molecule has 182 valence electrons. The second-order valence-electron chi connectivity index (χ2n) is 9.78. The van der Waals surface area contributed by atoms with Crippen LogP contribution in [0.25, 0.3) is 11.1 Å². The molecule has 2 atom stereocenters. The van der Waals surface area contributed by atoms with Gasteiger partial charge in [-0.1, -0.05) is 43.4 Å². The smallest absolute Gasteiger partial charge is 0.0782 e. The van der Waals surface area contributed by atoms with Gasteiger partial charge >= 0.3 is 0 Å². The van der Waals surface area contributed by atoms with Crippen molar-refractivity contribution in [2.24, 2.45) is 18.0 Å². The van der Waals surface area contributed by atoms with E-state index in [0.29, 0.717) is 5.92 Å². The SMILES string of the molecule is CC/C=C(\C=NC)C1=C(CCC2CCCOC2)NC(C)(c2cccc(-c3ccn(C)c3)c2)C=C1.[HH]. The monoisotopic (exact) mass is 459 g/mol. The van der Waals surface area contributed by atoms with Crippen molar-refractivity contribution in [1.82, 2.24) is 9.88 Å². The largest absolute Gasteiger partial charge is 0.381 e. The number of nitrogens with zero attached hydrogens (tertiary/aromatic N) is 2. The van der Waals surface area contributed by atoms with Gasteiger partial charge in [0.05, 0.1) is 5.54 Å². The van der Waals surface area contributed by atoms with E-state index in [-0.39, 0.29) is 6.97 Å². The van der Waals surface area contributed by atoms with E-state index in [1.165, 1.54) is 46.4 Å². The molecule has 0 spiro atoms. The second kappa shape index (κ2) is 11.1. The summed E-state index contributed by atoms with van der Waals surface area (Å²) in [6, 6.07) is 11.1. The van der Waals surface area contributed by atoms with E-state index in [4.69, 9.17) is 4.74 Å². The summed E-state index contributed by atoms with van der Waals surface area (Å²) in [6.07, 6.45) is 18.7. The van der Waals surface area contributed by atoms with E-state index >= 15 is 0 Å². The van der Waals surface area contributed by atoms with E-state index in [1.54, 1.807) is 0 Å². The van der Waals surface area contributed by atoms with E-state index in [9.17, 15) is 0 Å². The standard InChI is InChI=1S/C30H39N3O.H2/c1-5-8-25(20-31-3)28-14-16-30(2,32-29(28)13-12-23-9-7-18-34-22-23)27-11-6-10-24(19-27)26-15-17-33(4)21-26;/h6,8,10-11,14-17,19-21,23,32H,5,7,9,12-13,18,22H2,1-4H3;1H/b25-8+,31-20?;. The van der Waals surface area contributed by atoms with Crippen LogP contribution >= 0.6 is 0 Å². The zero-order chi connectivity index (χ0) is 24.0. The average molecular weight is 460 g/mol. The number of aromatic nitrogens is 1. The summed E-state index contributed by atoms with van der Waals surface area (Å²) in [7, 11) is 3.92. The molecule has 1 saturated heterocycles. The highest BCUT2D eigenvalue weighted by Gasteiger charge is 2.29. The molecule has 0 aliphatic carbocycles. The van der Waals surface area contributed by atoms with Gasteiger partial charge in [-0.25, -0.2) is 0 Å². The summed E-state index contributed by atoms with van der Waals surface area (Å²) >= 11 is 0. The summed E-state index contributed by atoms with van der Waals surface area (Å²) < 4.78 is 7.85. The molecule has 4 heteroatoms. The maximum atomic E-state index is 5.76. The molecule has 4 rings (SSSR count). The maximum Gasteiger partial charge on any atom is 0.0782 e. The van der Waals surface area contributed by atoms with Gasteiger partial charge in [0.25, 0.3) is 0 Å². The van der Waals surface area contributed by atoms with Crippen molar-refractivity contribution >= 4 is 6.21 Å². The lowest BCUT2D eigenvalue weighted by Gasteiger charge is -2.36. The molecule has 1 N–H and O–H groups in total. The third-order valence-corrected chi connectivity index (χ3v) is 7.01. The van der Waals surface area contributed by atoms with Crippen molar-refractivity contribution in [2.75, 3.05) is 20.3 Å². The highest BCUT2D eigenvalue weighted by Crippen LogP contribution is 2.35. The first-order valence-electron chi connectivity index (χ1n) is 12.7. The van der Waals surface area contributed by atoms with Crippen LogP contribution in [-0.4, -0.2) is 31.0 Å². The Hall–Kier alpha value is -2.85. The number of allylic oxidation sites excluding steroid dienone is 5. The van der Waals surface area contributed by atoms with Gasteiger partial charge in [-0.15, -0.1) is 0 Å². The molecule has 34 heavy (non-hydrogen) atoms. The van der Waals surface area contributed by atoms with Crippen molar-refractivity contribution in [3.05, 3.63) is 83.4 Å². The Kier molecular flexibility index (Phi) is 7.89. The molecule has 0 amide bonds. The zero-order valence-electron chi connectivity index (χ0n) is 21.2. The highest BCUT2D eigenvalue weighted by atomic mass is 16.5. The fourth-order valence-electron chi connectivity index (χ4n) is 5.08. The molecule has 1 aromatic heterocycles. The van der Waals surface area contributed by atoms with Crippen LogP contribution < -0.4 is 5.32 Å². The molecular formula is C30H41N3O. The second-order valence-corrected chi connectivity index (χ2v) is 9.78. The van der Waals surface area contributed by atoms with Crippen molar-refractivity contribution < 1.29 is 6.16 Å². The van der Waals surface area contributed by atoms with Crippen LogP contribution in [0.4, 0.5) is 0 Å². The molecule has 0 saturated carbocycles. The van der Waals surface area contributed by atoms with Crippen molar-refractivity contribution in [3.63, 3.8) is 0 Å². The molecular weight excluding hydrogens is 418 g/mol. The number of rotatable bonds is 8. The van der Waals surface area contributed by atoms with E-state index < -0.39 is 0 Å². The topological polar surface area (TPSA) is 38.5 Å². The van der Waals surface area contributed by atoms with Gasteiger partial charge in [-0.2, -0.15) is 0 Å². The maximum absolute atomic E-state index is 5.76. The van der Waals surface area contributed by atoms with E-state index in [1.807, 2.05) is 13.3 Å². The molecule has 2 aliphatic heterocycles. The zero-order valence-corrected chi connectivity index (χ0v) is 21.2. The highest BCUT2D eigenvalue weighted by molar-refractivity contribution is 5.86. The number of aliphatic imine (C=N–C) groups is 1. The third-order valence-electron chi connectivity index (χ3n) is 7.01. The van der Waals surface area contributed by atoms with E-state index in [0.717, 1.165) is 32.5 Å². The van der Waals surface area contributed by atoms with Crippen LogP contribution in [-0.2, 0) is 17.3 Å². The summed E-state index contributed by atoms with van der Waals surface area (Å²) in [5.74, 6) is 0.640. The molecule has 1 aromatic carbocycles. The lowest BCUT2D eigenvalue weighted by atomic mass is 9.83. The number of hydrogen-bond acceptors (Lipinski definition) is 3. The fraction of sp³-hybridized carbons (Fsp3) is 0.433. The molecule has 1 fully saturated rings. The minimum absolute atomic E-state index is 0. The van der Waals surface area contributed by atoms with Crippen molar-refractivity contribution in [2.45, 2.75) is 51.5 Å². The Bertz CT molecular complexity index is 1100. The van der Waals surface area contributed by atoms with Gasteiger partial charge in [-0.05, 0) is 79.3 Å². The van der Waals surface area contributed by atoms with Crippen LogP contribution in [0.15, 0.2) is 82.8 Å². The Morgan fingerprint density at radius 3 is 2.91 bits per heavy atom. The van der Waals surface area contributed by atoms with E-state index in [2.05, 4.69) is 96.7 Å². The van der Waals surface area contributed by atoms with Gasteiger partial charge in [0.1, 0.15) is 0 Å². The van der Waals surface area contributed by atoms with Gasteiger partial charge in [0, 0.05) is 58.6 Å². The molecule has 3 heterocycles. The number of dihydropyridines is 1. The molecule has 0 radical (unpaired) electrons. The quantitative estimate of drug-likeness (QED) is 0.440. The van der Waals surface area contributed by atoms with Gasteiger partial charge in [-0.3, -0.25) is 4.99 Å². The number of hydrogen-bond donors (Lipinski definition) is 1. The Balaban J connectivity index is 0.00000342. The first-order valence-corrected chi connectivity index (χ1v) is 12.7. The van der Waals surface area contributed by atoms with Gasteiger partial charge < -0.3 is 14.6 Å². The van der Waals surface area contributed by atoms with Crippen LogP contribution in [0, 0.1) is 5.92 Å². The van der Waals surface area contributed by atoms with Gasteiger partial charge in [0.15, 0.2) is 0 Å². The van der Waals surface area contributed by atoms with Crippen LogP contribution in [0.2, 0.25) is 0 Å². The number of benzene rings is 1. The average Bonchev–Trinajstić information content (AvgIpc) is 3.30. The Morgan fingerprint density at radius 2 is 2.21 bits per heavy atom. The van der Waals surface area contributed by atoms with Gasteiger partial charge in [0.2, 0.25) is 0 Å².